The predicted octanol–water partition coefficient (Wildman–Crippen LogP) is 4.25. The second kappa shape index (κ2) is 5.72. The summed E-state index contributed by atoms with van der Waals surface area (Å²) in [7, 11) is 0. The number of ether oxygens (including phenoxy) is 1. The third kappa shape index (κ3) is 2.84. The highest BCUT2D eigenvalue weighted by atomic mass is 32.1. The van der Waals surface area contributed by atoms with E-state index in [0.29, 0.717) is 22.0 Å². The number of H-pyrrole nitrogens is 2. The van der Waals surface area contributed by atoms with Crippen molar-refractivity contribution >= 4 is 44.0 Å². The van der Waals surface area contributed by atoms with Gasteiger partial charge in [0.05, 0.1) is 17.7 Å². The number of nitrogens with one attached hydrogen (secondary N) is 2. The van der Waals surface area contributed by atoms with Gasteiger partial charge in [0.1, 0.15) is 9.53 Å². The van der Waals surface area contributed by atoms with Gasteiger partial charge in [0, 0.05) is 23.1 Å². The first kappa shape index (κ1) is 16.9. The van der Waals surface area contributed by atoms with Crippen LogP contribution in [0.2, 0.25) is 0 Å². The molecule has 0 aromatic carbocycles. The number of thiophene rings is 1. The molecule has 4 rings (SSSR count). The first-order valence-corrected chi connectivity index (χ1v) is 9.71. The van der Waals surface area contributed by atoms with Crippen LogP contribution in [-0.4, -0.2) is 20.6 Å². The standard InChI is InChI=1S/C18H21N3O2S2/c1-8(2)5-11-10-7-23-18(3,4)6-9(10)12-13-14(25-16(12)19-11)15(22)21-17(24)20-13/h8H,5-7H2,1-4H3,(H2,20,21,22,24). The van der Waals surface area contributed by atoms with Gasteiger partial charge < -0.3 is 9.72 Å². The number of aromatic nitrogens is 3. The largest absolute Gasteiger partial charge is 0.370 e. The van der Waals surface area contributed by atoms with E-state index >= 15 is 0 Å². The third-order valence-electron chi connectivity index (χ3n) is 4.62. The molecule has 0 unspecified atom stereocenters. The van der Waals surface area contributed by atoms with Gasteiger partial charge in [-0.1, -0.05) is 13.8 Å². The van der Waals surface area contributed by atoms with Crippen LogP contribution in [0.25, 0.3) is 20.4 Å². The Hall–Kier alpha value is -1.57. The quantitative estimate of drug-likeness (QED) is 0.657. The Labute approximate surface area is 154 Å². The highest BCUT2D eigenvalue weighted by molar-refractivity contribution is 7.71. The summed E-state index contributed by atoms with van der Waals surface area (Å²) in [5.74, 6) is 0.507. The summed E-state index contributed by atoms with van der Waals surface area (Å²) in [6.07, 6.45) is 1.70. The van der Waals surface area contributed by atoms with Gasteiger partial charge in [-0.3, -0.25) is 9.78 Å². The minimum absolute atomic E-state index is 0.146. The Morgan fingerprint density at radius 3 is 2.80 bits per heavy atom. The minimum atomic E-state index is -0.233. The first-order valence-electron chi connectivity index (χ1n) is 8.48. The van der Waals surface area contributed by atoms with Crippen molar-refractivity contribution < 1.29 is 4.74 Å². The highest BCUT2D eigenvalue weighted by Crippen LogP contribution is 2.39. The van der Waals surface area contributed by atoms with Gasteiger partial charge >= 0.3 is 0 Å². The zero-order valence-corrected chi connectivity index (χ0v) is 16.4. The second-order valence-corrected chi connectivity index (χ2v) is 9.14. The van der Waals surface area contributed by atoms with Crippen LogP contribution in [0, 0.1) is 10.7 Å². The maximum Gasteiger partial charge on any atom is 0.269 e. The van der Waals surface area contributed by atoms with E-state index in [9.17, 15) is 4.79 Å². The molecule has 0 fully saturated rings. The van der Waals surface area contributed by atoms with Crippen molar-refractivity contribution in [2.45, 2.75) is 52.7 Å². The van der Waals surface area contributed by atoms with E-state index in [1.165, 1.54) is 22.5 Å². The van der Waals surface area contributed by atoms with E-state index in [4.69, 9.17) is 21.9 Å². The van der Waals surface area contributed by atoms with Crippen LogP contribution in [0.1, 0.15) is 44.5 Å². The number of pyridine rings is 1. The molecule has 3 aromatic heterocycles. The fourth-order valence-electron chi connectivity index (χ4n) is 3.54. The van der Waals surface area contributed by atoms with Crippen LogP contribution >= 0.6 is 23.6 Å². The predicted molar refractivity (Wildman–Crippen MR) is 104 cm³/mol. The molecule has 132 valence electrons. The lowest BCUT2D eigenvalue weighted by molar-refractivity contribution is -0.0402. The lowest BCUT2D eigenvalue weighted by Crippen LogP contribution is -2.33. The Kier molecular flexibility index (Phi) is 3.86. The van der Waals surface area contributed by atoms with Crippen molar-refractivity contribution in [2.24, 2.45) is 5.92 Å². The molecule has 0 saturated carbocycles. The third-order valence-corrected chi connectivity index (χ3v) is 5.91. The van der Waals surface area contributed by atoms with E-state index in [2.05, 4.69) is 37.7 Å². The smallest absolute Gasteiger partial charge is 0.269 e. The lowest BCUT2D eigenvalue weighted by Gasteiger charge is -2.33. The van der Waals surface area contributed by atoms with Crippen molar-refractivity contribution in [3.05, 3.63) is 31.9 Å². The Morgan fingerprint density at radius 2 is 2.08 bits per heavy atom. The van der Waals surface area contributed by atoms with Crippen molar-refractivity contribution in [1.29, 1.82) is 0 Å². The summed E-state index contributed by atoms with van der Waals surface area (Å²) in [4.78, 5) is 24.0. The molecule has 7 heteroatoms. The van der Waals surface area contributed by atoms with Gasteiger partial charge in [0.2, 0.25) is 0 Å². The molecule has 1 aliphatic rings. The molecule has 0 bridgehead atoms. The SMILES string of the molecule is CC(C)Cc1nc2sc3c(=O)[nH]c(=S)[nH]c3c2c2c1COC(C)(C)C2. The normalized spacial score (nSPS) is 16.7. The molecule has 0 aliphatic carbocycles. The first-order chi connectivity index (χ1) is 11.7. The molecule has 25 heavy (non-hydrogen) atoms. The monoisotopic (exact) mass is 375 g/mol. The Balaban J connectivity index is 2.13. The molecule has 0 radical (unpaired) electrons. The molecule has 2 N–H and O–H groups in total. The van der Waals surface area contributed by atoms with Crippen LogP contribution in [0.4, 0.5) is 0 Å². The maximum atomic E-state index is 12.3. The number of hydrogen-bond acceptors (Lipinski definition) is 5. The average molecular weight is 376 g/mol. The summed E-state index contributed by atoms with van der Waals surface area (Å²) in [5.41, 5.74) is 3.95. The lowest BCUT2D eigenvalue weighted by atomic mass is 9.88. The number of aromatic amines is 2. The van der Waals surface area contributed by atoms with Crippen molar-refractivity contribution in [3.63, 3.8) is 0 Å². The van der Waals surface area contributed by atoms with Crippen LogP contribution < -0.4 is 5.56 Å². The molecule has 0 atom stereocenters. The minimum Gasteiger partial charge on any atom is -0.370 e. The van der Waals surface area contributed by atoms with Crippen LogP contribution in [0.3, 0.4) is 0 Å². The Bertz CT molecular complexity index is 1110. The van der Waals surface area contributed by atoms with Gasteiger partial charge in [0.15, 0.2) is 4.77 Å². The number of nitrogens with zero attached hydrogens (tertiary/aromatic N) is 1. The number of fused-ring (bicyclic) bond motifs is 5. The van der Waals surface area contributed by atoms with Crippen molar-refractivity contribution in [2.75, 3.05) is 0 Å². The fraction of sp³-hybridized carbons (Fsp3) is 0.500. The summed E-state index contributed by atoms with van der Waals surface area (Å²) < 4.78 is 7.07. The maximum absolute atomic E-state index is 12.3. The van der Waals surface area contributed by atoms with Crippen molar-refractivity contribution in [3.8, 4) is 0 Å². The van der Waals surface area contributed by atoms with E-state index < -0.39 is 0 Å². The van der Waals surface area contributed by atoms with Crippen LogP contribution in [0.5, 0.6) is 0 Å². The van der Waals surface area contributed by atoms with E-state index in [1.807, 2.05) is 0 Å². The topological polar surface area (TPSA) is 70.8 Å². The van der Waals surface area contributed by atoms with Gasteiger partial charge in [-0.25, -0.2) is 4.98 Å². The van der Waals surface area contributed by atoms with Gasteiger partial charge in [-0.2, -0.15) is 0 Å². The molecular formula is C18H21N3O2S2. The summed E-state index contributed by atoms with van der Waals surface area (Å²) in [6, 6.07) is 0. The van der Waals surface area contributed by atoms with Crippen LogP contribution in [0.15, 0.2) is 4.79 Å². The molecular weight excluding hydrogens is 354 g/mol. The summed E-state index contributed by atoms with van der Waals surface area (Å²) in [5, 5.41) is 1.04. The van der Waals surface area contributed by atoms with E-state index in [1.54, 1.807) is 0 Å². The molecule has 3 aromatic rings. The molecule has 5 nitrogen and oxygen atoms in total. The van der Waals surface area contributed by atoms with Crippen molar-refractivity contribution in [1.82, 2.24) is 15.0 Å². The van der Waals surface area contributed by atoms with E-state index in [-0.39, 0.29) is 11.2 Å². The molecule has 0 spiro atoms. The number of rotatable bonds is 2. The van der Waals surface area contributed by atoms with E-state index in [0.717, 1.165) is 34.3 Å². The zero-order valence-electron chi connectivity index (χ0n) is 14.8. The van der Waals surface area contributed by atoms with Gasteiger partial charge in [-0.05, 0) is 44.0 Å². The van der Waals surface area contributed by atoms with Crippen LogP contribution in [-0.2, 0) is 24.2 Å². The fourth-order valence-corrected chi connectivity index (χ4v) is 4.81. The zero-order chi connectivity index (χ0) is 17.9. The molecule has 1 aliphatic heterocycles. The molecule has 4 heterocycles. The van der Waals surface area contributed by atoms with Gasteiger partial charge in [0.25, 0.3) is 5.56 Å². The second-order valence-electron chi connectivity index (χ2n) is 7.73. The molecule has 0 amide bonds. The summed E-state index contributed by atoms with van der Waals surface area (Å²) in [6.45, 7) is 9.16. The Morgan fingerprint density at radius 1 is 1.32 bits per heavy atom. The number of hydrogen-bond donors (Lipinski definition) is 2. The van der Waals surface area contributed by atoms with Gasteiger partial charge in [-0.15, -0.1) is 11.3 Å². The highest BCUT2D eigenvalue weighted by Gasteiger charge is 2.31. The average Bonchev–Trinajstić information content (AvgIpc) is 2.84. The molecule has 0 saturated heterocycles. The summed E-state index contributed by atoms with van der Waals surface area (Å²) >= 11 is 6.62.